The van der Waals surface area contributed by atoms with Crippen molar-refractivity contribution in [2.45, 2.75) is 19.4 Å². The van der Waals surface area contributed by atoms with Crippen LogP contribution in [-0.4, -0.2) is 5.71 Å². The van der Waals surface area contributed by atoms with Crippen molar-refractivity contribution in [1.82, 2.24) is 0 Å². The smallest absolute Gasteiger partial charge is 0.136 e. The molecule has 0 saturated heterocycles. The second-order valence-electron chi connectivity index (χ2n) is 9.00. The number of rotatable bonds is 6. The highest BCUT2D eigenvalue weighted by molar-refractivity contribution is 6.13. The van der Waals surface area contributed by atoms with Crippen LogP contribution in [0.1, 0.15) is 38.9 Å². The van der Waals surface area contributed by atoms with Crippen LogP contribution in [0.3, 0.4) is 0 Å². The van der Waals surface area contributed by atoms with Crippen molar-refractivity contribution in [1.29, 1.82) is 0 Å². The van der Waals surface area contributed by atoms with E-state index in [-0.39, 0.29) is 0 Å². The van der Waals surface area contributed by atoms with Crippen LogP contribution in [0.15, 0.2) is 145 Å². The Labute approximate surface area is 208 Å². The van der Waals surface area contributed by atoms with Gasteiger partial charge in [-0.15, -0.1) is 0 Å². The molecule has 0 heterocycles. The summed E-state index contributed by atoms with van der Waals surface area (Å²) in [5.41, 5.74) is 8.33. The van der Waals surface area contributed by atoms with Gasteiger partial charge in [-0.1, -0.05) is 151 Å². The maximum atomic E-state index is 5.73. The van der Waals surface area contributed by atoms with E-state index < -0.39 is 5.54 Å². The summed E-state index contributed by atoms with van der Waals surface area (Å²) < 4.78 is 0. The van der Waals surface area contributed by atoms with Gasteiger partial charge in [-0.2, -0.15) is 0 Å². The Morgan fingerprint density at radius 2 is 0.743 bits per heavy atom. The van der Waals surface area contributed by atoms with Crippen molar-refractivity contribution in [2.24, 2.45) is 4.99 Å². The Kier molecular flexibility index (Phi) is 6.41. The quantitative estimate of drug-likeness (QED) is 0.182. The summed E-state index contributed by atoms with van der Waals surface area (Å²) in [6.45, 7) is 4.24. The minimum absolute atomic E-state index is 0.713. The number of hydrogen-bond donors (Lipinski definition) is 0. The first kappa shape index (κ1) is 22.6. The van der Waals surface area contributed by atoms with Gasteiger partial charge in [-0.05, 0) is 30.5 Å². The predicted molar refractivity (Wildman–Crippen MR) is 147 cm³/mol. The van der Waals surface area contributed by atoms with Crippen LogP contribution >= 0.6 is 0 Å². The molecule has 0 amide bonds. The molecule has 1 heteroatoms. The van der Waals surface area contributed by atoms with Gasteiger partial charge in [0.15, 0.2) is 0 Å². The topological polar surface area (TPSA) is 12.4 Å². The fourth-order valence-electron chi connectivity index (χ4n) is 4.62. The van der Waals surface area contributed by atoms with Crippen molar-refractivity contribution < 1.29 is 0 Å². The summed E-state index contributed by atoms with van der Waals surface area (Å²) in [7, 11) is 0. The molecule has 0 aliphatic rings. The van der Waals surface area contributed by atoms with Gasteiger partial charge in [0.25, 0.3) is 0 Å². The summed E-state index contributed by atoms with van der Waals surface area (Å²) in [5.74, 6) is 0. The van der Waals surface area contributed by atoms with Crippen LogP contribution in [0, 0.1) is 13.8 Å². The standard InChI is InChI=1S/C34H29N/c1-26-18-22-28(23-19-26)33(29-24-20-27(2)21-25-29)35-34(30-12-6-3-7-13-30,31-14-8-4-9-15-31)32-16-10-5-11-17-32/h3-25H,1-2H3. The molecular formula is C34H29N. The molecule has 0 spiro atoms. The van der Waals surface area contributed by atoms with Crippen LogP contribution in [0.4, 0.5) is 0 Å². The van der Waals surface area contributed by atoms with E-state index in [1.807, 2.05) is 0 Å². The summed E-state index contributed by atoms with van der Waals surface area (Å²) in [6.07, 6.45) is 0. The second kappa shape index (κ2) is 9.95. The molecule has 170 valence electrons. The Balaban J connectivity index is 1.89. The molecule has 0 fully saturated rings. The number of aryl methyl sites for hydroxylation is 2. The number of hydrogen-bond acceptors (Lipinski definition) is 1. The van der Waals surface area contributed by atoms with E-state index in [1.54, 1.807) is 0 Å². The SMILES string of the molecule is Cc1ccc(C(=NC(c2ccccc2)(c2ccccc2)c2ccccc2)c2ccc(C)cc2)cc1. The summed E-state index contributed by atoms with van der Waals surface area (Å²) in [6, 6.07) is 49.3. The highest BCUT2D eigenvalue weighted by Gasteiger charge is 2.36. The van der Waals surface area contributed by atoms with Crippen molar-refractivity contribution in [3.05, 3.63) is 178 Å². The van der Waals surface area contributed by atoms with Crippen LogP contribution in [0.2, 0.25) is 0 Å². The summed E-state index contributed by atoms with van der Waals surface area (Å²) in [5, 5.41) is 0. The predicted octanol–water partition coefficient (Wildman–Crippen LogP) is 8.13. The number of aliphatic imine (C=N–C) groups is 1. The van der Waals surface area contributed by atoms with Gasteiger partial charge >= 0.3 is 0 Å². The third-order valence-corrected chi connectivity index (χ3v) is 6.50. The maximum Gasteiger partial charge on any atom is 0.136 e. The van der Waals surface area contributed by atoms with Crippen molar-refractivity contribution >= 4 is 5.71 Å². The second-order valence-corrected chi connectivity index (χ2v) is 9.00. The molecule has 0 atom stereocenters. The van der Waals surface area contributed by atoms with E-state index in [2.05, 4.69) is 153 Å². The molecule has 0 N–H and O–H groups in total. The number of nitrogens with zero attached hydrogens (tertiary/aromatic N) is 1. The molecule has 5 rings (SSSR count). The molecule has 1 nitrogen and oxygen atoms in total. The van der Waals surface area contributed by atoms with E-state index in [0.717, 1.165) is 33.5 Å². The molecule has 0 unspecified atom stereocenters. The lowest BCUT2D eigenvalue weighted by Gasteiger charge is -2.33. The monoisotopic (exact) mass is 451 g/mol. The lowest BCUT2D eigenvalue weighted by molar-refractivity contribution is 0.657. The molecule has 0 radical (unpaired) electrons. The van der Waals surface area contributed by atoms with E-state index in [1.165, 1.54) is 11.1 Å². The van der Waals surface area contributed by atoms with Crippen molar-refractivity contribution in [3.63, 3.8) is 0 Å². The third-order valence-electron chi connectivity index (χ3n) is 6.50. The first-order valence-corrected chi connectivity index (χ1v) is 12.1. The van der Waals surface area contributed by atoms with Gasteiger partial charge in [0.1, 0.15) is 5.54 Å². The zero-order chi connectivity index (χ0) is 24.1. The zero-order valence-electron chi connectivity index (χ0n) is 20.2. The number of benzene rings is 5. The molecule has 0 aliphatic heterocycles. The maximum absolute atomic E-state index is 5.73. The first-order valence-electron chi connectivity index (χ1n) is 12.1. The minimum atomic E-state index is -0.713. The van der Waals surface area contributed by atoms with Gasteiger partial charge < -0.3 is 0 Å². The van der Waals surface area contributed by atoms with Gasteiger partial charge in [0, 0.05) is 11.1 Å². The molecular weight excluding hydrogens is 422 g/mol. The van der Waals surface area contributed by atoms with Gasteiger partial charge in [0.2, 0.25) is 0 Å². The average Bonchev–Trinajstić information content (AvgIpc) is 2.92. The van der Waals surface area contributed by atoms with Crippen molar-refractivity contribution in [2.75, 3.05) is 0 Å². The van der Waals surface area contributed by atoms with Crippen LogP contribution in [0.25, 0.3) is 0 Å². The van der Waals surface area contributed by atoms with Crippen molar-refractivity contribution in [3.8, 4) is 0 Å². The highest BCUT2D eigenvalue weighted by atomic mass is 14.9. The fraction of sp³-hybridized carbons (Fsp3) is 0.0882. The highest BCUT2D eigenvalue weighted by Crippen LogP contribution is 2.41. The van der Waals surface area contributed by atoms with Gasteiger partial charge in [-0.25, -0.2) is 0 Å². The largest absolute Gasteiger partial charge is 0.263 e. The molecule has 35 heavy (non-hydrogen) atoms. The molecule has 0 aliphatic carbocycles. The fourth-order valence-corrected chi connectivity index (χ4v) is 4.62. The minimum Gasteiger partial charge on any atom is -0.263 e. The van der Waals surface area contributed by atoms with E-state index in [9.17, 15) is 0 Å². The molecule has 0 aromatic heterocycles. The van der Waals surface area contributed by atoms with Crippen LogP contribution < -0.4 is 0 Å². The molecule has 0 saturated carbocycles. The van der Waals surface area contributed by atoms with Crippen LogP contribution in [0.5, 0.6) is 0 Å². The Bertz CT molecular complexity index is 1260. The Hall–Kier alpha value is -4.23. The lowest BCUT2D eigenvalue weighted by atomic mass is 9.77. The van der Waals surface area contributed by atoms with E-state index >= 15 is 0 Å². The zero-order valence-corrected chi connectivity index (χ0v) is 20.2. The lowest BCUT2D eigenvalue weighted by Crippen LogP contribution is -2.29. The molecule has 5 aromatic rings. The third kappa shape index (κ3) is 4.58. The summed E-state index contributed by atoms with van der Waals surface area (Å²) in [4.78, 5) is 5.73. The summed E-state index contributed by atoms with van der Waals surface area (Å²) >= 11 is 0. The van der Waals surface area contributed by atoms with E-state index in [4.69, 9.17) is 4.99 Å². The Morgan fingerprint density at radius 3 is 1.06 bits per heavy atom. The first-order chi connectivity index (χ1) is 17.2. The van der Waals surface area contributed by atoms with Gasteiger partial charge in [0.05, 0.1) is 5.71 Å². The van der Waals surface area contributed by atoms with E-state index in [0.29, 0.717) is 0 Å². The normalized spacial score (nSPS) is 11.1. The molecule has 0 bridgehead atoms. The molecule has 5 aromatic carbocycles. The van der Waals surface area contributed by atoms with Gasteiger partial charge in [-0.3, -0.25) is 4.99 Å². The Morgan fingerprint density at radius 1 is 0.429 bits per heavy atom. The average molecular weight is 452 g/mol. The van der Waals surface area contributed by atoms with Crippen LogP contribution in [-0.2, 0) is 5.54 Å².